The van der Waals surface area contributed by atoms with Gasteiger partial charge >= 0.3 is 0 Å². The SMILES string of the molecule is CC(C)CC(=O)Nc1cncc(-c2ccc3[nH]nc(-c4nc5c(-c6cc(O)cc(F)c6)cccc5[nH]4)c3n2)c1. The Bertz CT molecular complexity index is 1840. The summed E-state index contributed by atoms with van der Waals surface area (Å²) in [6, 6.07) is 15.0. The molecule has 0 unspecified atom stereocenters. The van der Waals surface area contributed by atoms with Gasteiger partial charge in [-0.3, -0.25) is 14.9 Å². The number of para-hydroxylation sites is 1. The van der Waals surface area contributed by atoms with Crippen LogP contribution in [0.25, 0.3) is 56.0 Å². The van der Waals surface area contributed by atoms with E-state index in [1.165, 1.54) is 12.1 Å². The summed E-state index contributed by atoms with van der Waals surface area (Å²) >= 11 is 0. The molecule has 0 aliphatic heterocycles. The minimum absolute atomic E-state index is 0.0674. The number of halogens is 1. The second-order valence-corrected chi connectivity index (χ2v) is 9.76. The normalized spacial score (nSPS) is 11.5. The minimum Gasteiger partial charge on any atom is -0.508 e. The lowest BCUT2D eigenvalue weighted by molar-refractivity contribution is -0.116. The lowest BCUT2D eigenvalue weighted by atomic mass is 10.0. The number of phenolic OH excluding ortho intramolecular Hbond substituents is 1. The summed E-state index contributed by atoms with van der Waals surface area (Å²) < 4.78 is 14.0. The molecule has 0 bridgehead atoms. The van der Waals surface area contributed by atoms with E-state index in [1.807, 2.05) is 50.2 Å². The second kappa shape index (κ2) is 9.64. The van der Waals surface area contributed by atoms with Gasteiger partial charge in [0.2, 0.25) is 5.91 Å². The molecule has 9 nitrogen and oxygen atoms in total. The summed E-state index contributed by atoms with van der Waals surface area (Å²) in [5, 5.41) is 20.2. The topological polar surface area (TPSA) is 132 Å². The lowest BCUT2D eigenvalue weighted by Gasteiger charge is -2.08. The van der Waals surface area contributed by atoms with Crippen molar-refractivity contribution in [3.8, 4) is 39.7 Å². The number of benzene rings is 2. The predicted octanol–water partition coefficient (Wildman–Crippen LogP) is 6.06. The summed E-state index contributed by atoms with van der Waals surface area (Å²) in [6.45, 7) is 3.98. The number of aromatic amines is 2. The number of carbonyl (C=O) groups is 1. The van der Waals surface area contributed by atoms with Gasteiger partial charge in [0, 0.05) is 29.8 Å². The maximum absolute atomic E-state index is 14.0. The maximum Gasteiger partial charge on any atom is 0.224 e. The third kappa shape index (κ3) is 4.79. The molecule has 0 aliphatic rings. The number of anilines is 1. The van der Waals surface area contributed by atoms with E-state index >= 15 is 0 Å². The Hall–Kier alpha value is -5.12. The van der Waals surface area contributed by atoms with Gasteiger partial charge < -0.3 is 15.4 Å². The Morgan fingerprint density at radius 1 is 1.00 bits per heavy atom. The van der Waals surface area contributed by atoms with E-state index in [0.29, 0.717) is 51.5 Å². The van der Waals surface area contributed by atoms with Gasteiger partial charge in [0.15, 0.2) is 11.5 Å². The van der Waals surface area contributed by atoms with Crippen molar-refractivity contribution in [3.63, 3.8) is 0 Å². The van der Waals surface area contributed by atoms with Crippen LogP contribution in [-0.2, 0) is 4.79 Å². The van der Waals surface area contributed by atoms with Gasteiger partial charge in [-0.1, -0.05) is 26.0 Å². The summed E-state index contributed by atoms with van der Waals surface area (Å²) in [5.41, 5.74) is 6.35. The Balaban J connectivity index is 1.39. The Labute approximate surface area is 222 Å². The number of hydrogen-bond acceptors (Lipinski definition) is 6. The van der Waals surface area contributed by atoms with Crippen molar-refractivity contribution < 1.29 is 14.3 Å². The van der Waals surface area contributed by atoms with E-state index in [4.69, 9.17) is 9.97 Å². The number of H-pyrrole nitrogens is 2. The van der Waals surface area contributed by atoms with Crippen molar-refractivity contribution >= 4 is 33.7 Å². The van der Waals surface area contributed by atoms with Gasteiger partial charge in [0.05, 0.1) is 34.1 Å². The fourth-order valence-electron chi connectivity index (χ4n) is 4.56. The van der Waals surface area contributed by atoms with Crippen LogP contribution in [0, 0.1) is 11.7 Å². The molecule has 1 amide bonds. The molecule has 0 atom stereocenters. The summed E-state index contributed by atoms with van der Waals surface area (Å²) in [6.07, 6.45) is 3.72. The van der Waals surface area contributed by atoms with Crippen molar-refractivity contribution in [2.24, 2.45) is 5.92 Å². The van der Waals surface area contributed by atoms with Crippen molar-refractivity contribution in [1.29, 1.82) is 0 Å². The van der Waals surface area contributed by atoms with Crippen LogP contribution >= 0.6 is 0 Å². The first-order chi connectivity index (χ1) is 18.8. The third-order valence-corrected chi connectivity index (χ3v) is 6.25. The molecule has 4 aromatic heterocycles. The van der Waals surface area contributed by atoms with E-state index in [2.05, 4.69) is 25.5 Å². The highest BCUT2D eigenvalue weighted by molar-refractivity contribution is 5.96. The van der Waals surface area contributed by atoms with Crippen molar-refractivity contribution in [1.82, 2.24) is 30.1 Å². The number of hydrogen-bond donors (Lipinski definition) is 4. The van der Waals surface area contributed by atoms with E-state index in [9.17, 15) is 14.3 Å². The number of nitrogens with one attached hydrogen (secondary N) is 3. The third-order valence-electron chi connectivity index (χ3n) is 6.25. The maximum atomic E-state index is 14.0. The summed E-state index contributed by atoms with van der Waals surface area (Å²) in [5.74, 6) is -0.0271. The van der Waals surface area contributed by atoms with E-state index in [-0.39, 0.29) is 17.6 Å². The van der Waals surface area contributed by atoms with Crippen LogP contribution in [0.1, 0.15) is 20.3 Å². The zero-order valence-electron chi connectivity index (χ0n) is 21.2. The number of pyridine rings is 2. The minimum atomic E-state index is -0.536. The molecule has 0 fully saturated rings. The van der Waals surface area contributed by atoms with Crippen LogP contribution < -0.4 is 5.32 Å². The van der Waals surface area contributed by atoms with E-state index < -0.39 is 5.82 Å². The molecule has 10 heteroatoms. The number of carbonyl (C=O) groups excluding carboxylic acids is 1. The molecule has 194 valence electrons. The first-order valence-corrected chi connectivity index (χ1v) is 12.4. The molecule has 4 N–H and O–H groups in total. The number of rotatable bonds is 6. The molecule has 0 spiro atoms. The smallest absolute Gasteiger partial charge is 0.224 e. The van der Waals surface area contributed by atoms with Crippen LogP contribution in [0.15, 0.2) is 67.0 Å². The van der Waals surface area contributed by atoms with E-state index in [1.54, 1.807) is 12.4 Å². The zero-order chi connectivity index (χ0) is 27.1. The molecule has 0 aliphatic carbocycles. The van der Waals surface area contributed by atoms with Crippen LogP contribution in [0.4, 0.5) is 10.1 Å². The number of aromatic nitrogens is 6. The molecular formula is C29H24FN7O2. The number of phenols is 1. The predicted molar refractivity (Wildman–Crippen MR) is 147 cm³/mol. The Morgan fingerprint density at radius 2 is 1.87 bits per heavy atom. The van der Waals surface area contributed by atoms with Crippen molar-refractivity contribution in [2.75, 3.05) is 5.32 Å². The fraction of sp³-hybridized carbons (Fsp3) is 0.138. The van der Waals surface area contributed by atoms with Gasteiger partial charge in [0.25, 0.3) is 0 Å². The standard InChI is InChI=1S/C29H24FN7O2/c1-15(2)8-25(39)32-19-10-17(13-31-14-19)22-6-7-24-27(33-22)28(37-36-24)29-34-23-5-3-4-21(26(23)35-29)16-9-18(30)12-20(38)11-16/h3-7,9-15,38H,8H2,1-2H3,(H,32,39)(H,34,35)(H,36,37). The van der Waals surface area contributed by atoms with Gasteiger partial charge in [0.1, 0.15) is 17.1 Å². The molecule has 6 aromatic rings. The number of fused-ring (bicyclic) bond motifs is 2. The Morgan fingerprint density at radius 3 is 2.69 bits per heavy atom. The number of amides is 1. The summed E-state index contributed by atoms with van der Waals surface area (Å²) in [4.78, 5) is 29.4. The quantitative estimate of drug-likeness (QED) is 0.211. The van der Waals surface area contributed by atoms with Crippen molar-refractivity contribution in [3.05, 3.63) is 72.8 Å². The van der Waals surface area contributed by atoms with Crippen LogP contribution in [-0.4, -0.2) is 41.1 Å². The molecule has 0 saturated carbocycles. The first-order valence-electron chi connectivity index (χ1n) is 12.4. The highest BCUT2D eigenvalue weighted by atomic mass is 19.1. The molecule has 0 radical (unpaired) electrons. The highest BCUT2D eigenvalue weighted by Crippen LogP contribution is 2.33. The molecular weight excluding hydrogens is 497 g/mol. The average molecular weight is 522 g/mol. The van der Waals surface area contributed by atoms with Crippen LogP contribution in [0.5, 0.6) is 5.75 Å². The van der Waals surface area contributed by atoms with Crippen LogP contribution in [0.2, 0.25) is 0 Å². The summed E-state index contributed by atoms with van der Waals surface area (Å²) in [7, 11) is 0. The van der Waals surface area contributed by atoms with E-state index in [0.717, 1.165) is 22.7 Å². The molecule has 4 heterocycles. The molecule has 6 rings (SSSR count). The highest BCUT2D eigenvalue weighted by Gasteiger charge is 2.17. The number of aromatic hydroxyl groups is 1. The molecule has 2 aromatic carbocycles. The lowest BCUT2D eigenvalue weighted by Crippen LogP contribution is -2.14. The van der Waals surface area contributed by atoms with Gasteiger partial charge in [-0.15, -0.1) is 0 Å². The largest absolute Gasteiger partial charge is 0.508 e. The van der Waals surface area contributed by atoms with Gasteiger partial charge in [-0.05, 0) is 47.9 Å². The average Bonchev–Trinajstić information content (AvgIpc) is 3.51. The number of imidazole rings is 1. The van der Waals surface area contributed by atoms with Crippen LogP contribution in [0.3, 0.4) is 0 Å². The zero-order valence-corrected chi connectivity index (χ0v) is 21.2. The second-order valence-electron chi connectivity index (χ2n) is 9.76. The fourth-order valence-corrected chi connectivity index (χ4v) is 4.56. The van der Waals surface area contributed by atoms with Gasteiger partial charge in [-0.25, -0.2) is 14.4 Å². The molecule has 39 heavy (non-hydrogen) atoms. The number of nitrogens with zero attached hydrogens (tertiary/aromatic N) is 4. The molecule has 0 saturated heterocycles. The monoisotopic (exact) mass is 521 g/mol. The van der Waals surface area contributed by atoms with Gasteiger partial charge in [-0.2, -0.15) is 5.10 Å². The first kappa shape index (κ1) is 24.2. The van der Waals surface area contributed by atoms with Crippen molar-refractivity contribution in [2.45, 2.75) is 20.3 Å². The Kier molecular flexibility index (Phi) is 5.99.